The highest BCUT2D eigenvalue weighted by atomic mass is 32.2. The minimum Gasteiger partial charge on any atom is -0.469 e. The number of furan rings is 1. The molecule has 1 fully saturated rings. The highest BCUT2D eigenvalue weighted by Gasteiger charge is 2.30. The van der Waals surface area contributed by atoms with E-state index in [4.69, 9.17) is 4.42 Å². The fraction of sp³-hybridized carbons (Fsp3) is 0.667. The van der Waals surface area contributed by atoms with Crippen molar-refractivity contribution in [3.8, 4) is 0 Å². The molecule has 15 heavy (non-hydrogen) atoms. The maximum absolute atomic E-state index is 5.53. The van der Waals surface area contributed by atoms with Crippen molar-refractivity contribution in [2.45, 2.75) is 25.3 Å². The van der Waals surface area contributed by atoms with Gasteiger partial charge in [0.1, 0.15) is 5.76 Å². The van der Waals surface area contributed by atoms with Gasteiger partial charge in [-0.2, -0.15) is 11.8 Å². The highest BCUT2D eigenvalue weighted by molar-refractivity contribution is 7.99. The van der Waals surface area contributed by atoms with Crippen molar-refractivity contribution >= 4 is 11.8 Å². The molecule has 0 amide bonds. The number of fused-ring (bicyclic) bond motifs is 1. The first kappa shape index (κ1) is 9.79. The van der Waals surface area contributed by atoms with Crippen LogP contribution in [0.3, 0.4) is 0 Å². The summed E-state index contributed by atoms with van der Waals surface area (Å²) in [6.07, 6.45) is 5.65. The molecule has 3 rings (SSSR count). The van der Waals surface area contributed by atoms with Gasteiger partial charge in [-0.15, -0.1) is 0 Å². The van der Waals surface area contributed by atoms with E-state index < -0.39 is 0 Å². The van der Waals surface area contributed by atoms with Gasteiger partial charge in [-0.3, -0.25) is 0 Å². The number of hydrogen-bond acceptors (Lipinski definition) is 3. The second-order valence-electron chi connectivity index (χ2n) is 4.46. The molecule has 0 spiro atoms. The Morgan fingerprint density at radius 3 is 3.33 bits per heavy atom. The van der Waals surface area contributed by atoms with Crippen molar-refractivity contribution in [3.05, 3.63) is 23.7 Å². The van der Waals surface area contributed by atoms with Gasteiger partial charge in [0, 0.05) is 24.6 Å². The van der Waals surface area contributed by atoms with Crippen LogP contribution < -0.4 is 5.32 Å². The van der Waals surface area contributed by atoms with E-state index in [9.17, 15) is 0 Å². The molecule has 1 aromatic rings. The van der Waals surface area contributed by atoms with Crippen LogP contribution in [0.1, 0.15) is 30.2 Å². The summed E-state index contributed by atoms with van der Waals surface area (Å²) in [6, 6.07) is 2.71. The van der Waals surface area contributed by atoms with Gasteiger partial charge in [-0.05, 0) is 36.3 Å². The first-order chi connectivity index (χ1) is 7.45. The molecule has 2 aliphatic heterocycles. The molecule has 2 atom stereocenters. The van der Waals surface area contributed by atoms with Crippen LogP contribution in [0.25, 0.3) is 0 Å². The van der Waals surface area contributed by atoms with Crippen LogP contribution in [0.2, 0.25) is 0 Å². The summed E-state index contributed by atoms with van der Waals surface area (Å²) in [4.78, 5) is 0. The van der Waals surface area contributed by atoms with Gasteiger partial charge < -0.3 is 9.73 Å². The predicted molar refractivity (Wildman–Crippen MR) is 63.2 cm³/mol. The Labute approximate surface area is 94.8 Å². The lowest BCUT2D eigenvalue weighted by Crippen LogP contribution is -2.36. The van der Waals surface area contributed by atoms with Gasteiger partial charge in [0.05, 0.1) is 6.26 Å². The number of hydrogen-bond donors (Lipinski definition) is 1. The summed E-state index contributed by atoms with van der Waals surface area (Å²) < 4.78 is 5.53. The summed E-state index contributed by atoms with van der Waals surface area (Å²) in [5, 5.41) is 3.66. The highest BCUT2D eigenvalue weighted by Crippen LogP contribution is 2.36. The second kappa shape index (κ2) is 4.22. The Bertz CT molecular complexity index is 330. The van der Waals surface area contributed by atoms with Gasteiger partial charge in [0.25, 0.3) is 0 Å². The SMILES string of the molecule is c1cc2c(o1)CCNC2C1CCCSC1. The summed E-state index contributed by atoms with van der Waals surface area (Å²) in [5.41, 5.74) is 1.42. The molecule has 1 N–H and O–H groups in total. The average Bonchev–Trinajstić information content (AvgIpc) is 2.78. The second-order valence-corrected chi connectivity index (χ2v) is 5.61. The largest absolute Gasteiger partial charge is 0.469 e. The smallest absolute Gasteiger partial charge is 0.109 e. The van der Waals surface area contributed by atoms with Crippen molar-refractivity contribution in [1.82, 2.24) is 5.32 Å². The van der Waals surface area contributed by atoms with Gasteiger partial charge in [0.2, 0.25) is 0 Å². The first-order valence-corrected chi connectivity index (χ1v) is 6.98. The molecule has 0 bridgehead atoms. The Balaban J connectivity index is 1.82. The summed E-state index contributed by atoms with van der Waals surface area (Å²) >= 11 is 2.10. The molecular formula is C12H17NOS. The van der Waals surface area contributed by atoms with Crippen molar-refractivity contribution in [1.29, 1.82) is 0 Å². The summed E-state index contributed by atoms with van der Waals surface area (Å²) in [5.74, 6) is 4.68. The molecule has 3 heterocycles. The molecule has 0 aromatic carbocycles. The van der Waals surface area contributed by atoms with Crippen molar-refractivity contribution in [2.24, 2.45) is 5.92 Å². The van der Waals surface area contributed by atoms with E-state index in [1.807, 2.05) is 6.26 Å². The van der Waals surface area contributed by atoms with Crippen molar-refractivity contribution < 1.29 is 4.42 Å². The van der Waals surface area contributed by atoms with Crippen molar-refractivity contribution in [3.63, 3.8) is 0 Å². The van der Waals surface area contributed by atoms with Gasteiger partial charge in [-0.25, -0.2) is 0 Å². The third kappa shape index (κ3) is 1.83. The average molecular weight is 223 g/mol. The lowest BCUT2D eigenvalue weighted by Gasteiger charge is -2.33. The van der Waals surface area contributed by atoms with Crippen LogP contribution in [0.5, 0.6) is 0 Å². The van der Waals surface area contributed by atoms with E-state index in [1.54, 1.807) is 0 Å². The Morgan fingerprint density at radius 1 is 1.47 bits per heavy atom. The van der Waals surface area contributed by atoms with E-state index in [1.165, 1.54) is 35.7 Å². The van der Waals surface area contributed by atoms with E-state index in [2.05, 4.69) is 23.1 Å². The van der Waals surface area contributed by atoms with E-state index in [0.29, 0.717) is 6.04 Å². The molecule has 1 saturated heterocycles. The van der Waals surface area contributed by atoms with Crippen LogP contribution in [0.15, 0.2) is 16.7 Å². The Hall–Kier alpha value is -0.410. The maximum Gasteiger partial charge on any atom is 0.109 e. The summed E-state index contributed by atoms with van der Waals surface area (Å²) in [6.45, 7) is 1.08. The third-order valence-corrected chi connectivity index (χ3v) is 4.74. The fourth-order valence-corrected chi connectivity index (χ4v) is 3.93. The molecule has 2 unspecified atom stereocenters. The van der Waals surface area contributed by atoms with E-state index >= 15 is 0 Å². The van der Waals surface area contributed by atoms with Crippen LogP contribution in [-0.2, 0) is 6.42 Å². The molecule has 3 heteroatoms. The lowest BCUT2D eigenvalue weighted by atomic mass is 9.88. The summed E-state index contributed by atoms with van der Waals surface area (Å²) in [7, 11) is 0. The monoisotopic (exact) mass is 223 g/mol. The molecule has 0 aliphatic carbocycles. The van der Waals surface area contributed by atoms with Crippen LogP contribution in [0, 0.1) is 5.92 Å². The first-order valence-electron chi connectivity index (χ1n) is 5.82. The Kier molecular flexibility index (Phi) is 2.76. The zero-order valence-electron chi connectivity index (χ0n) is 8.87. The molecular weight excluding hydrogens is 206 g/mol. The topological polar surface area (TPSA) is 25.2 Å². The molecule has 0 saturated carbocycles. The van der Waals surface area contributed by atoms with Gasteiger partial charge in [0.15, 0.2) is 0 Å². The maximum atomic E-state index is 5.53. The number of rotatable bonds is 1. The lowest BCUT2D eigenvalue weighted by molar-refractivity contribution is 0.335. The van der Waals surface area contributed by atoms with Gasteiger partial charge in [-0.1, -0.05) is 0 Å². The van der Waals surface area contributed by atoms with E-state index in [-0.39, 0.29) is 0 Å². The molecule has 82 valence electrons. The normalized spacial score (nSPS) is 31.2. The standard InChI is InChI=1S/C12H17NOS/c1-2-9(8-15-7-1)12-10-4-6-14-11(10)3-5-13-12/h4,6,9,12-13H,1-3,5,7-8H2. The third-order valence-electron chi connectivity index (χ3n) is 3.50. The molecule has 2 nitrogen and oxygen atoms in total. The zero-order valence-corrected chi connectivity index (χ0v) is 9.69. The molecule has 2 aliphatic rings. The Morgan fingerprint density at radius 2 is 2.47 bits per heavy atom. The zero-order chi connectivity index (χ0) is 10.1. The number of nitrogens with one attached hydrogen (secondary N) is 1. The number of thioether (sulfide) groups is 1. The molecule has 0 radical (unpaired) electrons. The van der Waals surface area contributed by atoms with E-state index in [0.717, 1.165) is 18.9 Å². The minimum absolute atomic E-state index is 0.556. The van der Waals surface area contributed by atoms with Crippen LogP contribution in [-0.4, -0.2) is 18.1 Å². The quantitative estimate of drug-likeness (QED) is 0.792. The molecule has 1 aromatic heterocycles. The van der Waals surface area contributed by atoms with Crippen LogP contribution in [0.4, 0.5) is 0 Å². The minimum atomic E-state index is 0.556. The van der Waals surface area contributed by atoms with Crippen LogP contribution >= 0.6 is 11.8 Å². The fourth-order valence-electron chi connectivity index (χ4n) is 2.73. The van der Waals surface area contributed by atoms with Crippen molar-refractivity contribution in [2.75, 3.05) is 18.1 Å². The van der Waals surface area contributed by atoms with Gasteiger partial charge >= 0.3 is 0 Å². The predicted octanol–water partition coefficient (Wildman–Crippen LogP) is 2.61.